The number of H-pyrrole nitrogens is 1. The zero-order valence-electron chi connectivity index (χ0n) is 13.3. The molecule has 0 spiro atoms. The first-order chi connectivity index (χ1) is 11.6. The van der Waals surface area contributed by atoms with Crippen LogP contribution in [0.5, 0.6) is 0 Å². The van der Waals surface area contributed by atoms with Gasteiger partial charge in [0, 0.05) is 19.6 Å². The number of hydrogen-bond donors (Lipinski definition) is 2. The largest absolute Gasteiger partial charge is 0.389 e. The summed E-state index contributed by atoms with van der Waals surface area (Å²) >= 11 is 0. The van der Waals surface area contributed by atoms with Crippen LogP contribution in [0.25, 0.3) is 0 Å². The van der Waals surface area contributed by atoms with Crippen molar-refractivity contribution >= 4 is 11.8 Å². The molecule has 0 bridgehead atoms. The Labute approximate surface area is 139 Å². The van der Waals surface area contributed by atoms with E-state index < -0.39 is 6.10 Å². The molecule has 126 valence electrons. The Hall–Kier alpha value is -2.67. The number of nitrogens with zero attached hydrogens (tertiary/aromatic N) is 3. The fourth-order valence-corrected chi connectivity index (χ4v) is 2.82. The molecule has 2 aromatic rings. The number of aromatic nitrogens is 2. The van der Waals surface area contributed by atoms with Gasteiger partial charge in [0.1, 0.15) is 12.2 Å². The normalized spacial score (nSPS) is 18.5. The second-order valence-electron chi connectivity index (χ2n) is 5.88. The Balaban J connectivity index is 1.64. The third-order valence-electron chi connectivity index (χ3n) is 4.07. The monoisotopic (exact) mass is 328 g/mol. The van der Waals surface area contributed by atoms with Crippen LogP contribution in [-0.4, -0.2) is 69.0 Å². The minimum atomic E-state index is -0.765. The molecule has 1 aliphatic heterocycles. The topological polar surface area (TPSA) is 89.5 Å². The first-order valence-corrected chi connectivity index (χ1v) is 7.91. The summed E-state index contributed by atoms with van der Waals surface area (Å²) in [5.41, 5.74) is 1.45. The fourth-order valence-electron chi connectivity index (χ4n) is 2.82. The van der Waals surface area contributed by atoms with E-state index in [0.29, 0.717) is 18.7 Å². The van der Waals surface area contributed by atoms with Crippen molar-refractivity contribution in [1.29, 1.82) is 0 Å². The van der Waals surface area contributed by atoms with E-state index in [1.807, 2.05) is 30.3 Å². The summed E-state index contributed by atoms with van der Waals surface area (Å²) in [5.74, 6) is -0.486. The number of amides is 2. The first-order valence-electron chi connectivity index (χ1n) is 7.91. The van der Waals surface area contributed by atoms with Gasteiger partial charge in [0.05, 0.1) is 18.6 Å². The van der Waals surface area contributed by atoms with Crippen molar-refractivity contribution in [3.8, 4) is 0 Å². The number of hydrogen-bond acceptors (Lipinski definition) is 4. The Morgan fingerprint density at radius 1 is 1.29 bits per heavy atom. The number of imidazole rings is 1. The lowest BCUT2D eigenvalue weighted by Gasteiger charge is -2.21. The lowest BCUT2D eigenvalue weighted by Crippen LogP contribution is -2.40. The molecular formula is C17H20N4O3. The highest BCUT2D eigenvalue weighted by molar-refractivity contribution is 5.95. The van der Waals surface area contributed by atoms with E-state index in [1.54, 1.807) is 4.90 Å². The summed E-state index contributed by atoms with van der Waals surface area (Å²) in [7, 11) is 0. The van der Waals surface area contributed by atoms with Crippen molar-refractivity contribution in [1.82, 2.24) is 19.8 Å². The van der Waals surface area contributed by atoms with Crippen LogP contribution < -0.4 is 0 Å². The van der Waals surface area contributed by atoms with Crippen molar-refractivity contribution in [2.45, 2.75) is 12.5 Å². The fraction of sp³-hybridized carbons (Fsp3) is 0.353. The summed E-state index contributed by atoms with van der Waals surface area (Å²) < 4.78 is 0. The van der Waals surface area contributed by atoms with Crippen LogP contribution in [0.1, 0.15) is 16.1 Å². The molecule has 7 nitrogen and oxygen atoms in total. The van der Waals surface area contributed by atoms with Gasteiger partial charge in [-0.1, -0.05) is 30.3 Å². The number of aliphatic hydroxyl groups excluding tert-OH is 1. The predicted octanol–water partition coefficient (Wildman–Crippen LogP) is 0.298. The SMILES string of the molecule is O=C1CN(C(=O)c2cnc[nH]2)CC(O)CN1CCc1ccccc1. The molecule has 2 amide bonds. The van der Waals surface area contributed by atoms with Gasteiger partial charge in [0.15, 0.2) is 0 Å². The highest BCUT2D eigenvalue weighted by atomic mass is 16.3. The van der Waals surface area contributed by atoms with Gasteiger partial charge >= 0.3 is 0 Å². The van der Waals surface area contributed by atoms with Crippen molar-refractivity contribution in [3.05, 3.63) is 54.1 Å². The lowest BCUT2D eigenvalue weighted by atomic mass is 10.1. The molecule has 2 N–H and O–H groups in total. The van der Waals surface area contributed by atoms with Gasteiger partial charge in [-0.2, -0.15) is 0 Å². The molecule has 1 atom stereocenters. The van der Waals surface area contributed by atoms with E-state index in [4.69, 9.17) is 0 Å². The number of aliphatic hydroxyl groups is 1. The van der Waals surface area contributed by atoms with Crippen molar-refractivity contribution in [2.75, 3.05) is 26.2 Å². The molecule has 1 fully saturated rings. The summed E-state index contributed by atoms with van der Waals surface area (Å²) in [6.45, 7) is 0.847. The molecular weight excluding hydrogens is 308 g/mol. The highest BCUT2D eigenvalue weighted by Crippen LogP contribution is 2.10. The molecule has 0 saturated carbocycles. The van der Waals surface area contributed by atoms with Crippen LogP contribution in [0.3, 0.4) is 0 Å². The number of aromatic amines is 1. The maximum Gasteiger partial charge on any atom is 0.272 e. The molecule has 3 rings (SSSR count). The standard InChI is InChI=1S/C17H20N4O3/c22-14-9-20(7-6-13-4-2-1-3-5-13)16(23)11-21(10-14)17(24)15-8-18-12-19-15/h1-5,8,12,14,22H,6-7,9-11H2,(H,18,19). The van der Waals surface area contributed by atoms with E-state index in [0.717, 1.165) is 5.56 Å². The average molecular weight is 328 g/mol. The van der Waals surface area contributed by atoms with Crippen LogP contribution in [0, 0.1) is 0 Å². The van der Waals surface area contributed by atoms with E-state index in [2.05, 4.69) is 9.97 Å². The summed E-state index contributed by atoms with van der Waals surface area (Å²) in [5, 5.41) is 10.2. The van der Waals surface area contributed by atoms with Gasteiger partial charge in [0.2, 0.25) is 5.91 Å². The number of nitrogens with one attached hydrogen (secondary N) is 1. The number of carbonyl (C=O) groups is 2. The van der Waals surface area contributed by atoms with E-state index >= 15 is 0 Å². The van der Waals surface area contributed by atoms with Gasteiger partial charge in [-0.25, -0.2) is 4.98 Å². The maximum absolute atomic E-state index is 12.5. The summed E-state index contributed by atoms with van der Waals surface area (Å²) in [4.78, 5) is 34.4. The summed E-state index contributed by atoms with van der Waals surface area (Å²) in [6, 6.07) is 9.88. The van der Waals surface area contributed by atoms with Gasteiger partial charge in [0.25, 0.3) is 5.91 Å². The molecule has 7 heteroatoms. The molecule has 0 radical (unpaired) electrons. The molecule has 2 heterocycles. The van der Waals surface area contributed by atoms with Crippen LogP contribution in [0.4, 0.5) is 0 Å². The zero-order valence-corrected chi connectivity index (χ0v) is 13.3. The molecule has 1 aromatic heterocycles. The molecule has 1 unspecified atom stereocenters. The third-order valence-corrected chi connectivity index (χ3v) is 4.07. The Morgan fingerprint density at radius 2 is 2.08 bits per heavy atom. The highest BCUT2D eigenvalue weighted by Gasteiger charge is 2.30. The molecule has 24 heavy (non-hydrogen) atoms. The number of rotatable bonds is 4. The summed E-state index contributed by atoms with van der Waals surface area (Å²) in [6.07, 6.45) is 2.78. The van der Waals surface area contributed by atoms with E-state index in [9.17, 15) is 14.7 Å². The van der Waals surface area contributed by atoms with Crippen LogP contribution in [0.2, 0.25) is 0 Å². The Bertz CT molecular complexity index is 687. The molecule has 1 saturated heterocycles. The van der Waals surface area contributed by atoms with E-state index in [-0.39, 0.29) is 31.4 Å². The van der Waals surface area contributed by atoms with Crippen LogP contribution >= 0.6 is 0 Å². The lowest BCUT2D eigenvalue weighted by molar-refractivity contribution is -0.131. The van der Waals surface area contributed by atoms with Crippen LogP contribution in [0.15, 0.2) is 42.9 Å². The van der Waals surface area contributed by atoms with Crippen LogP contribution in [-0.2, 0) is 11.2 Å². The number of β-amino-alcohol motifs (C(OH)–C–C–N with tert-alkyl or cyclic N) is 1. The minimum absolute atomic E-state index is 0.0380. The molecule has 0 aliphatic carbocycles. The van der Waals surface area contributed by atoms with Gasteiger partial charge in [-0.3, -0.25) is 9.59 Å². The van der Waals surface area contributed by atoms with E-state index in [1.165, 1.54) is 17.4 Å². The Morgan fingerprint density at radius 3 is 2.79 bits per heavy atom. The predicted molar refractivity (Wildman–Crippen MR) is 87.2 cm³/mol. The Kier molecular flexibility index (Phi) is 4.90. The molecule has 1 aromatic carbocycles. The van der Waals surface area contributed by atoms with Gasteiger partial charge < -0.3 is 19.9 Å². The quantitative estimate of drug-likeness (QED) is 0.845. The second kappa shape index (κ2) is 7.27. The zero-order chi connectivity index (χ0) is 16.9. The minimum Gasteiger partial charge on any atom is -0.389 e. The second-order valence-corrected chi connectivity index (χ2v) is 5.88. The van der Waals surface area contributed by atoms with Gasteiger partial charge in [-0.05, 0) is 12.0 Å². The average Bonchev–Trinajstić information content (AvgIpc) is 3.08. The first kappa shape index (κ1) is 16.2. The van der Waals surface area contributed by atoms with Crippen molar-refractivity contribution in [3.63, 3.8) is 0 Å². The van der Waals surface area contributed by atoms with Crippen molar-refractivity contribution < 1.29 is 14.7 Å². The third kappa shape index (κ3) is 3.80. The smallest absolute Gasteiger partial charge is 0.272 e. The van der Waals surface area contributed by atoms with Crippen molar-refractivity contribution in [2.24, 2.45) is 0 Å². The number of carbonyl (C=O) groups excluding carboxylic acids is 2. The number of benzene rings is 1. The maximum atomic E-state index is 12.5. The van der Waals surface area contributed by atoms with Gasteiger partial charge in [-0.15, -0.1) is 0 Å². The molecule has 1 aliphatic rings.